The molecule has 1 heterocycles. The summed E-state index contributed by atoms with van der Waals surface area (Å²) in [6.45, 7) is 8.75. The Kier molecular flexibility index (Phi) is 4.02. The van der Waals surface area contributed by atoms with E-state index >= 15 is 0 Å². The molecular formula is C16H22N2O2. The molecule has 0 saturated carbocycles. The largest absolute Gasteiger partial charge is 0.493 e. The normalized spacial score (nSPS) is 19.1. The molecule has 20 heavy (non-hydrogen) atoms. The van der Waals surface area contributed by atoms with Crippen molar-refractivity contribution in [2.75, 3.05) is 6.61 Å². The number of amides is 1. The van der Waals surface area contributed by atoms with Crippen molar-refractivity contribution in [2.45, 2.75) is 27.7 Å². The van der Waals surface area contributed by atoms with Gasteiger partial charge in [-0.3, -0.25) is 10.2 Å². The third kappa shape index (κ3) is 3.13. The van der Waals surface area contributed by atoms with Crippen LogP contribution in [0.15, 0.2) is 30.0 Å². The lowest BCUT2D eigenvalue weighted by atomic mass is 9.89. The molecule has 1 saturated heterocycles. The van der Waals surface area contributed by atoms with Gasteiger partial charge in [0.05, 0.1) is 12.0 Å². The Morgan fingerprint density at radius 2 is 1.85 bits per heavy atom. The first-order valence-corrected chi connectivity index (χ1v) is 6.91. The van der Waals surface area contributed by atoms with E-state index in [2.05, 4.69) is 24.7 Å². The zero-order valence-corrected chi connectivity index (χ0v) is 12.5. The number of nitrogens with one attached hydrogen (secondary N) is 2. The van der Waals surface area contributed by atoms with Crippen LogP contribution < -0.4 is 15.6 Å². The Morgan fingerprint density at radius 1 is 1.20 bits per heavy atom. The van der Waals surface area contributed by atoms with Crippen molar-refractivity contribution in [3.8, 4) is 5.75 Å². The van der Waals surface area contributed by atoms with E-state index in [0.717, 1.165) is 17.0 Å². The molecular weight excluding hydrogens is 252 g/mol. The fourth-order valence-electron chi connectivity index (χ4n) is 1.87. The van der Waals surface area contributed by atoms with E-state index in [1.54, 1.807) is 0 Å². The van der Waals surface area contributed by atoms with Crippen LogP contribution in [0, 0.1) is 11.3 Å². The smallest absolute Gasteiger partial charge is 0.249 e. The Hall–Kier alpha value is -1.97. The maximum atomic E-state index is 11.7. The molecule has 1 amide bonds. The summed E-state index contributed by atoms with van der Waals surface area (Å²) in [5, 5.41) is 0. The summed E-state index contributed by atoms with van der Waals surface area (Å²) in [6, 6.07) is 7.88. The van der Waals surface area contributed by atoms with Crippen LogP contribution in [0.1, 0.15) is 33.3 Å². The molecule has 1 aromatic carbocycles. The molecule has 1 aromatic rings. The zero-order chi connectivity index (χ0) is 14.8. The summed E-state index contributed by atoms with van der Waals surface area (Å²) in [4.78, 5) is 11.7. The van der Waals surface area contributed by atoms with Crippen LogP contribution in [0.4, 0.5) is 0 Å². The van der Waals surface area contributed by atoms with Crippen molar-refractivity contribution < 1.29 is 9.53 Å². The van der Waals surface area contributed by atoms with Gasteiger partial charge in [-0.15, -0.1) is 0 Å². The van der Waals surface area contributed by atoms with Gasteiger partial charge in [0.2, 0.25) is 5.91 Å². The molecule has 0 spiro atoms. The predicted octanol–water partition coefficient (Wildman–Crippen LogP) is 2.72. The number of hydrogen-bond donors (Lipinski definition) is 2. The van der Waals surface area contributed by atoms with Gasteiger partial charge >= 0.3 is 0 Å². The maximum Gasteiger partial charge on any atom is 0.249 e. The molecule has 2 N–H and O–H groups in total. The number of hydrogen-bond acceptors (Lipinski definition) is 3. The fraction of sp³-hybridized carbons (Fsp3) is 0.438. The van der Waals surface area contributed by atoms with Gasteiger partial charge in [0.15, 0.2) is 0 Å². The van der Waals surface area contributed by atoms with Crippen LogP contribution in [0.5, 0.6) is 5.75 Å². The van der Waals surface area contributed by atoms with Crippen LogP contribution in [-0.2, 0) is 4.79 Å². The number of ether oxygens (including phenoxy) is 1. The van der Waals surface area contributed by atoms with Crippen molar-refractivity contribution in [1.82, 2.24) is 10.9 Å². The lowest BCUT2D eigenvalue weighted by Crippen LogP contribution is -2.28. The molecule has 1 aliphatic heterocycles. The fourth-order valence-corrected chi connectivity index (χ4v) is 1.87. The summed E-state index contributed by atoms with van der Waals surface area (Å²) in [5.41, 5.74) is 6.96. The molecule has 1 fully saturated rings. The second-order valence-corrected chi connectivity index (χ2v) is 6.04. The molecule has 4 nitrogen and oxygen atoms in total. The molecule has 0 atom stereocenters. The molecule has 0 aliphatic carbocycles. The van der Waals surface area contributed by atoms with Crippen molar-refractivity contribution in [2.24, 2.45) is 11.3 Å². The van der Waals surface area contributed by atoms with Gasteiger partial charge in [-0.25, -0.2) is 0 Å². The zero-order valence-electron chi connectivity index (χ0n) is 12.5. The second-order valence-electron chi connectivity index (χ2n) is 6.04. The van der Waals surface area contributed by atoms with E-state index in [1.807, 2.05) is 44.2 Å². The van der Waals surface area contributed by atoms with Crippen LogP contribution in [0.25, 0.3) is 6.08 Å². The number of rotatable bonds is 4. The third-order valence-corrected chi connectivity index (χ3v) is 3.33. The monoisotopic (exact) mass is 274 g/mol. The molecule has 2 rings (SSSR count). The van der Waals surface area contributed by atoms with Gasteiger partial charge in [0.25, 0.3) is 0 Å². The van der Waals surface area contributed by atoms with Gasteiger partial charge in [-0.2, -0.15) is 0 Å². The second kappa shape index (κ2) is 5.57. The summed E-state index contributed by atoms with van der Waals surface area (Å²) < 4.78 is 5.65. The van der Waals surface area contributed by atoms with Gasteiger partial charge in [-0.1, -0.05) is 26.0 Å². The number of carbonyl (C=O) groups excluding carboxylic acids is 1. The highest BCUT2D eigenvalue weighted by Gasteiger charge is 2.37. The van der Waals surface area contributed by atoms with Gasteiger partial charge in [-0.05, 0) is 43.5 Å². The van der Waals surface area contributed by atoms with Gasteiger partial charge < -0.3 is 10.2 Å². The van der Waals surface area contributed by atoms with Crippen molar-refractivity contribution in [3.63, 3.8) is 0 Å². The number of benzene rings is 1. The topological polar surface area (TPSA) is 50.4 Å². The minimum absolute atomic E-state index is 0.0133. The lowest BCUT2D eigenvalue weighted by molar-refractivity contribution is -0.125. The van der Waals surface area contributed by atoms with Crippen molar-refractivity contribution >= 4 is 12.0 Å². The Balaban J connectivity index is 2.09. The lowest BCUT2D eigenvalue weighted by Gasteiger charge is -2.14. The number of hydrazine groups is 1. The summed E-state index contributed by atoms with van der Waals surface area (Å²) in [5.74, 6) is 1.37. The molecule has 1 aliphatic rings. The SMILES string of the molecule is CC(C)COc1ccc(/C=C2\NNC(=O)C2(C)C)cc1. The standard InChI is InChI=1S/C16H22N2O2/c1-11(2)10-20-13-7-5-12(6-8-13)9-14-16(3,4)15(19)18-17-14/h5-9,11,17H,10H2,1-4H3,(H,18,19)/b14-9-. The highest BCUT2D eigenvalue weighted by atomic mass is 16.5. The highest BCUT2D eigenvalue weighted by Crippen LogP contribution is 2.29. The van der Waals surface area contributed by atoms with E-state index in [1.165, 1.54) is 0 Å². The molecule has 4 heteroatoms. The van der Waals surface area contributed by atoms with Crippen LogP contribution in [0.2, 0.25) is 0 Å². The van der Waals surface area contributed by atoms with E-state index in [9.17, 15) is 4.79 Å². The van der Waals surface area contributed by atoms with Gasteiger partial charge in [0, 0.05) is 5.70 Å². The van der Waals surface area contributed by atoms with E-state index in [4.69, 9.17) is 4.74 Å². The molecule has 0 aromatic heterocycles. The Bertz CT molecular complexity index is 516. The Morgan fingerprint density at radius 3 is 2.35 bits per heavy atom. The maximum absolute atomic E-state index is 11.7. The first kappa shape index (κ1) is 14.4. The van der Waals surface area contributed by atoms with E-state index < -0.39 is 5.41 Å². The van der Waals surface area contributed by atoms with Crippen molar-refractivity contribution in [3.05, 3.63) is 35.5 Å². The summed E-state index contributed by atoms with van der Waals surface area (Å²) in [7, 11) is 0. The quantitative estimate of drug-likeness (QED) is 0.887. The molecule has 0 bridgehead atoms. The number of carbonyl (C=O) groups is 1. The minimum Gasteiger partial charge on any atom is -0.493 e. The van der Waals surface area contributed by atoms with Crippen molar-refractivity contribution in [1.29, 1.82) is 0 Å². The highest BCUT2D eigenvalue weighted by molar-refractivity contribution is 5.89. The average molecular weight is 274 g/mol. The molecule has 108 valence electrons. The van der Waals surface area contributed by atoms with Crippen LogP contribution in [-0.4, -0.2) is 12.5 Å². The van der Waals surface area contributed by atoms with Crippen LogP contribution in [0.3, 0.4) is 0 Å². The summed E-state index contributed by atoms with van der Waals surface area (Å²) in [6.07, 6.45) is 1.98. The minimum atomic E-state index is -0.521. The molecule has 0 unspecified atom stereocenters. The van der Waals surface area contributed by atoms with E-state index in [0.29, 0.717) is 12.5 Å². The molecule has 0 radical (unpaired) electrons. The predicted molar refractivity (Wildman–Crippen MR) is 79.8 cm³/mol. The van der Waals surface area contributed by atoms with E-state index in [-0.39, 0.29) is 5.91 Å². The first-order valence-electron chi connectivity index (χ1n) is 6.91. The van der Waals surface area contributed by atoms with Crippen LogP contribution >= 0.6 is 0 Å². The third-order valence-electron chi connectivity index (χ3n) is 3.33. The Labute approximate surface area is 120 Å². The van der Waals surface area contributed by atoms with Gasteiger partial charge in [0.1, 0.15) is 5.75 Å². The first-order chi connectivity index (χ1) is 9.39. The average Bonchev–Trinajstić information content (AvgIpc) is 2.65. The summed E-state index contributed by atoms with van der Waals surface area (Å²) >= 11 is 0.